The van der Waals surface area contributed by atoms with E-state index in [0.29, 0.717) is 6.61 Å². The van der Waals surface area contributed by atoms with Crippen molar-refractivity contribution in [2.45, 2.75) is 39.7 Å². The Morgan fingerprint density at radius 2 is 1.75 bits per heavy atom. The average Bonchev–Trinajstić information content (AvgIpc) is 2.24. The minimum Gasteiger partial charge on any atom is -0.372 e. The molecule has 0 saturated carbocycles. The van der Waals surface area contributed by atoms with Crippen LogP contribution < -0.4 is 0 Å². The zero-order chi connectivity index (χ0) is 12.0. The van der Waals surface area contributed by atoms with E-state index in [9.17, 15) is 0 Å². The first-order valence-corrected chi connectivity index (χ1v) is 5.91. The van der Waals surface area contributed by atoms with Gasteiger partial charge in [0.25, 0.3) is 0 Å². The Morgan fingerprint density at radius 1 is 1.12 bits per heavy atom. The normalized spacial score (nSPS) is 12.2. The van der Waals surface area contributed by atoms with Crippen LogP contribution in [0, 0.1) is 0 Å². The molecule has 1 nitrogen and oxygen atoms in total. The summed E-state index contributed by atoms with van der Waals surface area (Å²) in [6, 6.07) is 8.63. The third-order valence-corrected chi connectivity index (χ3v) is 2.31. The van der Waals surface area contributed by atoms with E-state index >= 15 is 0 Å². The smallest absolute Gasteiger partial charge is 0.0657 e. The van der Waals surface area contributed by atoms with Gasteiger partial charge in [-0.1, -0.05) is 43.3 Å². The minimum atomic E-state index is -0.0591. The second-order valence-corrected chi connectivity index (χ2v) is 4.92. The molecule has 0 aliphatic carbocycles. The van der Waals surface area contributed by atoms with E-state index in [0.717, 1.165) is 6.42 Å². The molecule has 0 amide bonds. The summed E-state index contributed by atoms with van der Waals surface area (Å²) in [7, 11) is 0. The third kappa shape index (κ3) is 5.13. The van der Waals surface area contributed by atoms with Gasteiger partial charge in [-0.15, -0.1) is 0 Å². The molecule has 1 heteroatoms. The average molecular weight is 218 g/mol. The molecule has 16 heavy (non-hydrogen) atoms. The van der Waals surface area contributed by atoms with Gasteiger partial charge in [0.05, 0.1) is 12.2 Å². The third-order valence-electron chi connectivity index (χ3n) is 2.31. The van der Waals surface area contributed by atoms with Crippen LogP contribution in [-0.2, 0) is 11.2 Å². The fourth-order valence-electron chi connectivity index (χ4n) is 1.35. The van der Waals surface area contributed by atoms with E-state index < -0.39 is 0 Å². The quantitative estimate of drug-likeness (QED) is 0.740. The summed E-state index contributed by atoms with van der Waals surface area (Å²) in [4.78, 5) is 0. The van der Waals surface area contributed by atoms with Gasteiger partial charge in [-0.2, -0.15) is 0 Å². The molecule has 0 N–H and O–H groups in total. The molecule has 0 radical (unpaired) electrons. The molecule has 88 valence electrons. The van der Waals surface area contributed by atoms with E-state index in [4.69, 9.17) is 4.74 Å². The highest BCUT2D eigenvalue weighted by Crippen LogP contribution is 2.09. The lowest BCUT2D eigenvalue weighted by atomic mass is 10.1. The van der Waals surface area contributed by atoms with Crippen molar-refractivity contribution in [3.05, 3.63) is 41.5 Å². The van der Waals surface area contributed by atoms with Crippen molar-refractivity contribution in [3.63, 3.8) is 0 Å². The second kappa shape index (κ2) is 5.86. The molecule has 0 aromatic heterocycles. The number of ether oxygens (including phenoxy) is 1. The number of aryl methyl sites for hydroxylation is 1. The predicted octanol–water partition coefficient (Wildman–Crippen LogP) is 4.08. The molecule has 1 rings (SSSR count). The topological polar surface area (TPSA) is 9.23 Å². The van der Waals surface area contributed by atoms with E-state index in [-0.39, 0.29) is 5.60 Å². The summed E-state index contributed by atoms with van der Waals surface area (Å²) in [6.07, 6.45) is 5.26. The van der Waals surface area contributed by atoms with Crippen LogP contribution in [0.5, 0.6) is 0 Å². The van der Waals surface area contributed by atoms with Crippen molar-refractivity contribution < 1.29 is 4.74 Å². The summed E-state index contributed by atoms with van der Waals surface area (Å²) in [5.74, 6) is 0. The van der Waals surface area contributed by atoms with Gasteiger partial charge in [-0.25, -0.2) is 0 Å². The SMILES string of the molecule is CCc1ccc(/C=C/COC(C)(C)C)cc1. The molecule has 0 aliphatic rings. The highest BCUT2D eigenvalue weighted by molar-refractivity contribution is 5.49. The summed E-state index contributed by atoms with van der Waals surface area (Å²) < 4.78 is 5.61. The Kier molecular flexibility index (Phi) is 4.75. The zero-order valence-electron chi connectivity index (χ0n) is 10.8. The number of hydrogen-bond donors (Lipinski definition) is 0. The van der Waals surface area contributed by atoms with Crippen LogP contribution in [0.15, 0.2) is 30.3 Å². The van der Waals surface area contributed by atoms with Crippen LogP contribution in [0.3, 0.4) is 0 Å². The minimum absolute atomic E-state index is 0.0591. The summed E-state index contributed by atoms with van der Waals surface area (Å²) in [5, 5.41) is 0. The van der Waals surface area contributed by atoms with Crippen LogP contribution in [0.25, 0.3) is 6.08 Å². The maximum absolute atomic E-state index is 5.61. The van der Waals surface area contributed by atoms with Crippen molar-refractivity contribution >= 4 is 6.08 Å². The molecule has 0 atom stereocenters. The van der Waals surface area contributed by atoms with E-state index in [1.165, 1.54) is 11.1 Å². The predicted molar refractivity (Wildman–Crippen MR) is 70.6 cm³/mol. The molecule has 0 unspecified atom stereocenters. The summed E-state index contributed by atoms with van der Waals surface area (Å²) >= 11 is 0. The molecule has 1 aromatic carbocycles. The number of hydrogen-bond acceptors (Lipinski definition) is 1. The fraction of sp³-hybridized carbons (Fsp3) is 0.467. The molecule has 0 spiro atoms. The van der Waals surface area contributed by atoms with Crippen molar-refractivity contribution in [2.75, 3.05) is 6.61 Å². The van der Waals surface area contributed by atoms with Gasteiger partial charge in [0.2, 0.25) is 0 Å². The Hall–Kier alpha value is -1.08. The van der Waals surface area contributed by atoms with E-state index in [2.05, 4.69) is 64.1 Å². The van der Waals surface area contributed by atoms with Gasteiger partial charge in [-0.05, 0) is 38.3 Å². The van der Waals surface area contributed by atoms with Gasteiger partial charge < -0.3 is 4.74 Å². The van der Waals surface area contributed by atoms with Crippen molar-refractivity contribution in [1.29, 1.82) is 0 Å². The molecule has 1 aromatic rings. The summed E-state index contributed by atoms with van der Waals surface area (Å²) in [5.41, 5.74) is 2.55. The van der Waals surface area contributed by atoms with Gasteiger partial charge >= 0.3 is 0 Å². The van der Waals surface area contributed by atoms with Crippen LogP contribution in [0.4, 0.5) is 0 Å². The lowest BCUT2D eigenvalue weighted by Gasteiger charge is -2.17. The Balaban J connectivity index is 2.44. The second-order valence-electron chi connectivity index (χ2n) is 4.92. The highest BCUT2D eigenvalue weighted by atomic mass is 16.5. The lowest BCUT2D eigenvalue weighted by Crippen LogP contribution is -2.18. The Bertz CT molecular complexity index is 327. The maximum atomic E-state index is 5.61. The molecular formula is C15H22O. The first-order chi connectivity index (χ1) is 7.51. The van der Waals surface area contributed by atoms with Gasteiger partial charge in [-0.3, -0.25) is 0 Å². The first-order valence-electron chi connectivity index (χ1n) is 5.91. The highest BCUT2D eigenvalue weighted by Gasteiger charge is 2.07. The first kappa shape index (κ1) is 13.0. The maximum Gasteiger partial charge on any atom is 0.0657 e. The standard InChI is InChI=1S/C15H22O/c1-5-13-8-10-14(11-9-13)7-6-12-16-15(2,3)4/h6-11H,5,12H2,1-4H3/b7-6+. The van der Waals surface area contributed by atoms with Gasteiger partial charge in [0, 0.05) is 0 Å². The molecule has 0 heterocycles. The van der Waals surface area contributed by atoms with Crippen molar-refractivity contribution in [3.8, 4) is 0 Å². The van der Waals surface area contributed by atoms with Gasteiger partial charge in [0.1, 0.15) is 0 Å². The lowest BCUT2D eigenvalue weighted by molar-refractivity contribution is 0.0152. The van der Waals surface area contributed by atoms with Crippen molar-refractivity contribution in [2.24, 2.45) is 0 Å². The van der Waals surface area contributed by atoms with Crippen LogP contribution in [0.1, 0.15) is 38.8 Å². The monoisotopic (exact) mass is 218 g/mol. The van der Waals surface area contributed by atoms with Crippen LogP contribution in [-0.4, -0.2) is 12.2 Å². The van der Waals surface area contributed by atoms with E-state index in [1.54, 1.807) is 0 Å². The van der Waals surface area contributed by atoms with Crippen molar-refractivity contribution in [1.82, 2.24) is 0 Å². The molecule has 0 aliphatic heterocycles. The zero-order valence-corrected chi connectivity index (χ0v) is 10.8. The number of rotatable bonds is 4. The molecule has 0 saturated heterocycles. The largest absolute Gasteiger partial charge is 0.372 e. The molecule has 0 fully saturated rings. The van der Waals surface area contributed by atoms with Crippen LogP contribution in [0.2, 0.25) is 0 Å². The Morgan fingerprint density at radius 3 is 2.25 bits per heavy atom. The molecular weight excluding hydrogens is 196 g/mol. The van der Waals surface area contributed by atoms with Crippen LogP contribution >= 0.6 is 0 Å². The van der Waals surface area contributed by atoms with E-state index in [1.807, 2.05) is 0 Å². The fourth-order valence-corrected chi connectivity index (χ4v) is 1.35. The number of benzene rings is 1. The molecule has 0 bridgehead atoms. The summed E-state index contributed by atoms with van der Waals surface area (Å²) in [6.45, 7) is 9.03. The Labute approximate surface area is 99.1 Å². The van der Waals surface area contributed by atoms with Gasteiger partial charge in [0.15, 0.2) is 0 Å².